The molecule has 0 saturated carbocycles. The Balaban J connectivity index is 0.000000187. The number of hydrogen-bond acceptors (Lipinski definition) is 46. The number of aromatic nitrogens is 14. The molecular weight excluding hydrogens is 1870 g/mol. The molecule has 13 rings (SSSR count). The number of nitrogens with one attached hydrogen (secondary N) is 1. The van der Waals surface area contributed by atoms with Crippen molar-refractivity contribution in [3.05, 3.63) is 84.2 Å². The number of carbonyl (C=O) groups is 4. The molecule has 7 N–H and O–H groups in total. The minimum absolute atomic E-state index is 0.0126. The molecule has 5 saturated heterocycles. The largest absolute Gasteiger partial charge is 0.476 e. The van der Waals surface area contributed by atoms with Gasteiger partial charge in [0.1, 0.15) is 50.4 Å². The highest BCUT2D eigenvalue weighted by Crippen LogP contribution is 2.61. The number of alkyl halides is 2. The molecule has 8 atom stereocenters. The van der Waals surface area contributed by atoms with Crippen molar-refractivity contribution in [3.8, 4) is 17.6 Å². The summed E-state index contributed by atoms with van der Waals surface area (Å²) in [7, 11) is -15.5. The van der Waals surface area contributed by atoms with E-state index in [4.69, 9.17) is 124 Å². The summed E-state index contributed by atoms with van der Waals surface area (Å²) in [4.78, 5) is 101. The van der Waals surface area contributed by atoms with E-state index in [-0.39, 0.29) is 158 Å². The second-order valence-corrected chi connectivity index (χ2v) is 36.9. The fraction of sp³-hybridized carbons (Fsp3) is 0.608. The Bertz CT molecular complexity index is 5130. The van der Waals surface area contributed by atoms with Crippen LogP contribution >= 0.6 is 31.3 Å². The van der Waals surface area contributed by atoms with Crippen LogP contribution in [-0.2, 0) is 150 Å². The van der Waals surface area contributed by atoms with Crippen LogP contribution in [0.4, 0.5) is 32.4 Å². The van der Waals surface area contributed by atoms with E-state index in [9.17, 15) is 42.2 Å². The summed E-state index contributed by atoms with van der Waals surface area (Å²) >= 11 is 0. The van der Waals surface area contributed by atoms with Gasteiger partial charge in [0.2, 0.25) is 41.7 Å². The number of phosphoric acid groups is 4. The van der Waals surface area contributed by atoms with E-state index in [1.54, 1.807) is 88.1 Å². The first-order valence-electron chi connectivity index (χ1n) is 43.1. The van der Waals surface area contributed by atoms with Crippen LogP contribution in [0.15, 0.2) is 73.0 Å². The minimum Gasteiger partial charge on any atom is -0.476 e. The van der Waals surface area contributed by atoms with Crippen molar-refractivity contribution >= 4 is 118 Å². The molecule has 135 heavy (non-hydrogen) atoms. The number of imidazole rings is 3. The highest BCUT2D eigenvalue weighted by Gasteiger charge is 2.65. The van der Waals surface area contributed by atoms with Crippen molar-refractivity contribution in [2.75, 3.05) is 135 Å². The van der Waals surface area contributed by atoms with Gasteiger partial charge in [0, 0.05) is 11.9 Å². The van der Waals surface area contributed by atoms with Gasteiger partial charge in [-0.05, 0) is 92.7 Å². The van der Waals surface area contributed by atoms with E-state index >= 15 is 8.78 Å². The smallest absolute Gasteiger partial charge is 0.475 e. The summed E-state index contributed by atoms with van der Waals surface area (Å²) in [6.45, 7) is 26.5. The Morgan fingerprint density at radius 2 is 0.837 bits per heavy atom. The van der Waals surface area contributed by atoms with E-state index in [0.29, 0.717) is 120 Å². The van der Waals surface area contributed by atoms with Crippen molar-refractivity contribution in [2.24, 2.45) is 23.7 Å². The first kappa shape index (κ1) is 107. The summed E-state index contributed by atoms with van der Waals surface area (Å²) in [6.07, 6.45) is -0.363. The van der Waals surface area contributed by atoms with Gasteiger partial charge in [-0.2, -0.15) is 43.7 Å². The molecule has 0 radical (unpaired) electrons. The van der Waals surface area contributed by atoms with Crippen LogP contribution in [0.25, 0.3) is 39.2 Å². The van der Waals surface area contributed by atoms with Gasteiger partial charge in [-0.1, -0.05) is 64.6 Å². The van der Waals surface area contributed by atoms with Crippen molar-refractivity contribution in [2.45, 2.75) is 178 Å². The van der Waals surface area contributed by atoms with Gasteiger partial charge in [-0.25, -0.2) is 38.0 Å². The SMILES string of the molecule is C=C(Nc1ccn([C@@H]2O[C@@H]3COP(=O)(OCC[C@@H](C)C(=O)OC(C)C)O[C@H]3C2(F)F)c(=O)n1)c1ccccc1.CCOC(=O)[C@@H](C)CCOP1(=O)OCC(OCn2cnc3c(OCC)nc(N)nc32)CO1.CCOC(=O)[C@@H](C)CCOP1(=O)OCC(OCn2cnc3c(OCC)nc(N)nc32)CO1.CCOC(=O)[C@@H](C)CCOP1(=O)OCC(OCn2cnc3c(OCC)nc(N)nc32)CO1. The second-order valence-electron chi connectivity index (χ2n) is 30.3. The number of nitrogen functional groups attached to an aromatic ring is 3. The van der Waals surface area contributed by atoms with E-state index < -0.39 is 98.1 Å². The average molecular weight is 1990 g/mol. The summed E-state index contributed by atoms with van der Waals surface area (Å²) < 4.78 is 208. The van der Waals surface area contributed by atoms with Crippen LogP contribution in [0.1, 0.15) is 121 Å². The highest BCUT2D eigenvalue weighted by molar-refractivity contribution is 7.49. The third-order valence-electron chi connectivity index (χ3n) is 19.5. The molecular formula is C79H114F2N18O32P4. The standard InChI is InChI=1S/C25H30F2N3O8P.3C18H28N5O8P/c1-15(2)36-22(31)16(3)11-13-34-39(33)35-14-19-21(38-39)25(26,27)23(37-19)30-12-10-20(29-24(30)32)28-17(4)18-8-6-5-7-9-18;3*1-4-26-16-14-15(21-18(19)22-16)23(10-20-14)11-28-13-8-30-32(25,31-9-13)29-7-6-12(3)17(24)27-5-2/h5-10,12,15-16,19,21,23H,4,11,13-14H2,1-3H3,(H,28,29,32);3*10,12-13H,4-9,11H2,1-3H3,(H2,19,21,22)/t16-,19-,21-,23-,39?;3*12-,13?,32?/m1000/s1. The normalized spacial score (nSPS) is 23.3. The maximum absolute atomic E-state index is 15.4. The van der Waals surface area contributed by atoms with E-state index in [1.807, 2.05) is 39.0 Å². The number of halogens is 2. The van der Waals surface area contributed by atoms with Gasteiger partial charge in [0.25, 0.3) is 0 Å². The maximum atomic E-state index is 15.4. The molecule has 12 heterocycles. The number of nitrogens with zero attached hydrogens (tertiary/aromatic N) is 14. The van der Waals surface area contributed by atoms with Crippen LogP contribution in [0, 0.1) is 23.7 Å². The molecule has 1 aromatic carbocycles. The first-order valence-corrected chi connectivity index (χ1v) is 49.0. The number of rotatable bonds is 43. The van der Waals surface area contributed by atoms with E-state index in [1.165, 1.54) is 25.0 Å². The average Bonchev–Trinajstić information content (AvgIpc) is 1.59. The van der Waals surface area contributed by atoms with Crippen LogP contribution in [0.2, 0.25) is 0 Å². The predicted octanol–water partition coefficient (Wildman–Crippen LogP) is 10.1. The predicted molar refractivity (Wildman–Crippen MR) is 471 cm³/mol. The third-order valence-corrected chi connectivity index (χ3v) is 25.3. The zero-order chi connectivity index (χ0) is 97.8. The number of carbonyl (C=O) groups excluding carboxylic acids is 4. The molecule has 0 aliphatic carbocycles. The zero-order valence-corrected chi connectivity index (χ0v) is 80.0. The molecule has 8 aromatic rings. The fourth-order valence-corrected chi connectivity index (χ4v) is 17.5. The molecule has 5 aliphatic rings. The Hall–Kier alpha value is -9.89. The van der Waals surface area contributed by atoms with Crippen LogP contribution in [0.3, 0.4) is 0 Å². The van der Waals surface area contributed by atoms with Crippen molar-refractivity contribution in [3.63, 3.8) is 0 Å². The molecule has 1 unspecified atom stereocenters. The van der Waals surface area contributed by atoms with E-state index in [2.05, 4.69) is 61.7 Å². The van der Waals surface area contributed by atoms with Crippen molar-refractivity contribution < 1.29 is 153 Å². The number of anilines is 4. The molecule has 0 bridgehead atoms. The van der Waals surface area contributed by atoms with E-state index in [0.717, 1.165) is 11.8 Å². The number of phosphoric ester groups is 4. The highest BCUT2D eigenvalue weighted by atomic mass is 31.2. The number of nitrogens with two attached hydrogens (primary N) is 3. The lowest BCUT2D eigenvalue weighted by Crippen LogP contribution is -2.45. The lowest BCUT2D eigenvalue weighted by Gasteiger charge is -2.31. The summed E-state index contributed by atoms with van der Waals surface area (Å²) in [5, 5.41) is 2.87. The maximum Gasteiger partial charge on any atom is 0.475 e. The van der Waals surface area contributed by atoms with Gasteiger partial charge in [0.15, 0.2) is 39.6 Å². The fourth-order valence-electron chi connectivity index (χ4n) is 12.4. The molecule has 0 spiro atoms. The van der Waals surface area contributed by atoms with Gasteiger partial charge >= 0.3 is 66.8 Å². The van der Waals surface area contributed by atoms with Crippen LogP contribution < -0.4 is 42.4 Å². The van der Waals surface area contributed by atoms with Gasteiger partial charge in [-0.15, -0.1) is 0 Å². The number of benzene rings is 1. The first-order chi connectivity index (χ1) is 64.4. The Labute approximate surface area is 773 Å². The topological polar surface area (TPSA) is 605 Å². The summed E-state index contributed by atoms with van der Waals surface area (Å²) in [5.74, 6) is -5.80. The zero-order valence-electron chi connectivity index (χ0n) is 76.4. The summed E-state index contributed by atoms with van der Waals surface area (Å²) in [5.41, 5.74) is 20.2. The lowest BCUT2D eigenvalue weighted by molar-refractivity contribution is -0.152. The van der Waals surface area contributed by atoms with Crippen molar-refractivity contribution in [1.82, 2.24) is 68.1 Å². The lowest BCUT2D eigenvalue weighted by atomic mass is 10.1. The minimum atomic E-state index is -4.40. The molecule has 0 amide bonds. The number of fused-ring (bicyclic) bond motifs is 4. The molecule has 5 fully saturated rings. The molecule has 746 valence electrons. The van der Waals surface area contributed by atoms with Crippen LogP contribution in [-0.4, -0.2) is 247 Å². The molecule has 7 aromatic heterocycles. The third kappa shape index (κ3) is 30.6. The Morgan fingerprint density at radius 1 is 0.489 bits per heavy atom. The quantitative estimate of drug-likeness (QED) is 0.0157. The number of ether oxygens (including phenoxy) is 11. The monoisotopic (exact) mass is 1990 g/mol. The molecule has 5 aliphatic heterocycles. The van der Waals surface area contributed by atoms with Gasteiger partial charge in [0.05, 0.1) is 161 Å². The Kier molecular flexibility index (Phi) is 40.0. The molecule has 56 heteroatoms. The van der Waals surface area contributed by atoms with Crippen LogP contribution in [0.5, 0.6) is 17.6 Å². The Morgan fingerprint density at radius 3 is 1.18 bits per heavy atom. The van der Waals surface area contributed by atoms with Gasteiger partial charge in [-0.3, -0.25) is 91.7 Å². The van der Waals surface area contributed by atoms with Gasteiger partial charge < -0.3 is 74.6 Å². The second kappa shape index (κ2) is 50.4. The number of esters is 4. The molecule has 50 nitrogen and oxygen atoms in total. The van der Waals surface area contributed by atoms with Crippen molar-refractivity contribution in [1.29, 1.82) is 0 Å². The summed E-state index contributed by atoms with van der Waals surface area (Å²) in [6, 6.07) is 10.4. The number of hydrogen-bond donors (Lipinski definition) is 4.